The molecule has 164 valence electrons. The van der Waals surface area contributed by atoms with Crippen LogP contribution >= 0.6 is 0 Å². The second-order valence-electron chi connectivity index (χ2n) is 7.76. The normalized spacial score (nSPS) is 14.2. The monoisotopic (exact) mass is 441 g/mol. The number of ether oxygens (including phenoxy) is 1. The van der Waals surface area contributed by atoms with Crippen LogP contribution in [0.4, 0.5) is 10.2 Å². The van der Waals surface area contributed by atoms with Crippen molar-refractivity contribution in [3.05, 3.63) is 79.0 Å². The third-order valence-electron chi connectivity index (χ3n) is 5.65. The van der Waals surface area contributed by atoms with E-state index in [4.69, 9.17) is 14.8 Å². The minimum atomic E-state index is -0.293. The number of pyridine rings is 1. The number of fused-ring (bicyclic) bond motifs is 1. The Morgan fingerprint density at radius 2 is 1.70 bits per heavy atom. The lowest BCUT2D eigenvalue weighted by atomic mass is 10.1. The molecule has 5 heterocycles. The van der Waals surface area contributed by atoms with Crippen molar-refractivity contribution < 1.29 is 9.13 Å². The summed E-state index contributed by atoms with van der Waals surface area (Å²) in [4.78, 5) is 11.2. The summed E-state index contributed by atoms with van der Waals surface area (Å²) in [5.41, 5.74) is 3.89. The number of rotatable bonds is 4. The number of benzene rings is 1. The summed E-state index contributed by atoms with van der Waals surface area (Å²) in [6.07, 6.45) is 5.33. The van der Waals surface area contributed by atoms with Crippen molar-refractivity contribution in [2.75, 3.05) is 31.2 Å². The van der Waals surface area contributed by atoms with Crippen LogP contribution in [0.3, 0.4) is 0 Å². The van der Waals surface area contributed by atoms with E-state index in [2.05, 4.69) is 15.0 Å². The SMILES string of the molecule is Fc1cccc(-c2ccn(-c3cc(N4CCOCC4)n4nc(-c5ccncc5)cc4n3)n2)c1. The van der Waals surface area contributed by atoms with Gasteiger partial charge in [0.1, 0.15) is 11.6 Å². The van der Waals surface area contributed by atoms with E-state index in [1.165, 1.54) is 12.1 Å². The maximum atomic E-state index is 13.7. The fraction of sp³-hybridized carbons (Fsp3) is 0.167. The van der Waals surface area contributed by atoms with Gasteiger partial charge in [0.05, 0.1) is 24.6 Å². The smallest absolute Gasteiger partial charge is 0.160 e. The van der Waals surface area contributed by atoms with Gasteiger partial charge < -0.3 is 9.64 Å². The minimum absolute atomic E-state index is 0.293. The fourth-order valence-electron chi connectivity index (χ4n) is 4.00. The Hall–Kier alpha value is -4.11. The Bertz CT molecular complexity index is 1420. The Balaban J connectivity index is 1.47. The van der Waals surface area contributed by atoms with E-state index in [1.54, 1.807) is 23.1 Å². The summed E-state index contributed by atoms with van der Waals surface area (Å²) in [6, 6.07) is 16.1. The molecule has 8 nitrogen and oxygen atoms in total. The van der Waals surface area contributed by atoms with Crippen molar-refractivity contribution in [2.24, 2.45) is 0 Å². The van der Waals surface area contributed by atoms with Crippen LogP contribution in [0.25, 0.3) is 34.0 Å². The first kappa shape index (κ1) is 19.6. The number of nitrogens with zero attached hydrogens (tertiary/aromatic N) is 7. The van der Waals surface area contributed by atoms with Crippen molar-refractivity contribution in [1.29, 1.82) is 0 Å². The quantitative estimate of drug-likeness (QED) is 0.424. The van der Waals surface area contributed by atoms with E-state index < -0.39 is 0 Å². The van der Waals surface area contributed by atoms with Gasteiger partial charge in [0, 0.05) is 54.9 Å². The molecule has 4 aromatic heterocycles. The van der Waals surface area contributed by atoms with Gasteiger partial charge >= 0.3 is 0 Å². The molecule has 1 fully saturated rings. The zero-order valence-electron chi connectivity index (χ0n) is 17.7. The van der Waals surface area contributed by atoms with Crippen LogP contribution in [0.15, 0.2) is 73.2 Å². The lowest BCUT2D eigenvalue weighted by Gasteiger charge is -2.29. The second kappa shape index (κ2) is 8.10. The first-order valence-electron chi connectivity index (χ1n) is 10.7. The van der Waals surface area contributed by atoms with Crippen LogP contribution in [0.1, 0.15) is 0 Å². The first-order valence-corrected chi connectivity index (χ1v) is 10.7. The minimum Gasteiger partial charge on any atom is -0.378 e. The summed E-state index contributed by atoms with van der Waals surface area (Å²) in [5.74, 6) is 1.29. The molecule has 5 aromatic rings. The molecular formula is C24H20FN7O. The van der Waals surface area contributed by atoms with E-state index >= 15 is 0 Å². The van der Waals surface area contributed by atoms with Crippen LogP contribution in [0.2, 0.25) is 0 Å². The third-order valence-corrected chi connectivity index (χ3v) is 5.65. The maximum absolute atomic E-state index is 13.7. The zero-order valence-corrected chi connectivity index (χ0v) is 17.7. The van der Waals surface area contributed by atoms with Gasteiger partial charge in [-0.3, -0.25) is 4.98 Å². The molecule has 0 atom stereocenters. The molecule has 6 rings (SSSR count). The summed E-state index contributed by atoms with van der Waals surface area (Å²) in [5, 5.41) is 9.48. The predicted molar refractivity (Wildman–Crippen MR) is 122 cm³/mol. The van der Waals surface area contributed by atoms with Crippen LogP contribution in [0, 0.1) is 5.82 Å². The van der Waals surface area contributed by atoms with Gasteiger partial charge in [-0.25, -0.2) is 14.1 Å². The molecule has 1 aliphatic heterocycles. The topological polar surface area (TPSA) is 73.4 Å². The average Bonchev–Trinajstić information content (AvgIpc) is 3.52. The molecule has 0 aliphatic carbocycles. The summed E-state index contributed by atoms with van der Waals surface area (Å²) < 4.78 is 22.8. The fourth-order valence-corrected chi connectivity index (χ4v) is 4.00. The first-order chi connectivity index (χ1) is 16.2. The van der Waals surface area contributed by atoms with Gasteiger partial charge in [-0.05, 0) is 30.3 Å². The van der Waals surface area contributed by atoms with Gasteiger partial charge in [-0.1, -0.05) is 12.1 Å². The molecule has 0 spiro atoms. The Morgan fingerprint density at radius 1 is 0.848 bits per heavy atom. The zero-order chi connectivity index (χ0) is 22.2. The third kappa shape index (κ3) is 3.72. The number of hydrogen-bond acceptors (Lipinski definition) is 6. The average molecular weight is 441 g/mol. The van der Waals surface area contributed by atoms with Gasteiger partial charge in [0.25, 0.3) is 0 Å². The molecule has 0 unspecified atom stereocenters. The molecule has 1 saturated heterocycles. The van der Waals surface area contributed by atoms with Crippen LogP contribution in [-0.4, -0.2) is 55.7 Å². The van der Waals surface area contributed by atoms with Gasteiger partial charge in [0.2, 0.25) is 0 Å². The number of hydrogen-bond donors (Lipinski definition) is 0. The largest absolute Gasteiger partial charge is 0.378 e. The summed E-state index contributed by atoms with van der Waals surface area (Å²) >= 11 is 0. The predicted octanol–water partition coefficient (Wildman–Crippen LogP) is 3.62. The summed E-state index contributed by atoms with van der Waals surface area (Å²) in [7, 11) is 0. The van der Waals surface area contributed by atoms with Gasteiger partial charge in [-0.15, -0.1) is 0 Å². The molecule has 33 heavy (non-hydrogen) atoms. The number of halogens is 1. The molecule has 0 amide bonds. The number of morpholine rings is 1. The van der Waals surface area contributed by atoms with Crippen LogP contribution < -0.4 is 4.90 Å². The summed E-state index contributed by atoms with van der Waals surface area (Å²) in [6.45, 7) is 2.83. The van der Waals surface area contributed by atoms with E-state index in [0.29, 0.717) is 35.9 Å². The Morgan fingerprint density at radius 3 is 2.52 bits per heavy atom. The molecule has 0 N–H and O–H groups in total. The van der Waals surface area contributed by atoms with E-state index in [0.717, 1.165) is 30.2 Å². The van der Waals surface area contributed by atoms with Crippen molar-refractivity contribution in [1.82, 2.24) is 29.4 Å². The van der Waals surface area contributed by atoms with Crippen LogP contribution in [0.5, 0.6) is 0 Å². The van der Waals surface area contributed by atoms with Crippen molar-refractivity contribution >= 4 is 11.5 Å². The van der Waals surface area contributed by atoms with Gasteiger partial charge in [-0.2, -0.15) is 14.7 Å². The Labute approximate surface area is 188 Å². The second-order valence-corrected chi connectivity index (χ2v) is 7.76. The van der Waals surface area contributed by atoms with E-state index in [-0.39, 0.29) is 5.82 Å². The van der Waals surface area contributed by atoms with Crippen molar-refractivity contribution in [2.45, 2.75) is 0 Å². The maximum Gasteiger partial charge on any atom is 0.160 e. The number of aromatic nitrogens is 6. The highest BCUT2D eigenvalue weighted by Crippen LogP contribution is 2.26. The highest BCUT2D eigenvalue weighted by atomic mass is 19.1. The highest BCUT2D eigenvalue weighted by molar-refractivity contribution is 5.66. The molecule has 0 saturated carbocycles. The Kier molecular flexibility index (Phi) is 4.80. The highest BCUT2D eigenvalue weighted by Gasteiger charge is 2.19. The van der Waals surface area contributed by atoms with E-state index in [9.17, 15) is 4.39 Å². The molecule has 1 aromatic carbocycles. The molecule has 1 aliphatic rings. The van der Waals surface area contributed by atoms with Crippen molar-refractivity contribution in [3.63, 3.8) is 0 Å². The lowest BCUT2D eigenvalue weighted by Crippen LogP contribution is -2.37. The molecule has 0 radical (unpaired) electrons. The van der Waals surface area contributed by atoms with Crippen molar-refractivity contribution in [3.8, 4) is 28.3 Å². The molecular weight excluding hydrogens is 421 g/mol. The van der Waals surface area contributed by atoms with Gasteiger partial charge in [0.15, 0.2) is 11.5 Å². The standard InChI is InChI=1S/C24H20FN7O/c25-19-3-1-2-18(14-19)20-6-9-31(28-20)22-16-24(30-10-12-33-13-11-30)32-23(27-22)15-21(29-32)17-4-7-26-8-5-17/h1-9,14-16H,10-13H2. The molecule has 0 bridgehead atoms. The van der Waals surface area contributed by atoms with Crippen LogP contribution in [-0.2, 0) is 4.74 Å². The molecule has 9 heteroatoms. The number of anilines is 1. The lowest BCUT2D eigenvalue weighted by molar-refractivity contribution is 0.122. The van der Waals surface area contributed by atoms with E-state index in [1.807, 2.05) is 47.1 Å².